The van der Waals surface area contributed by atoms with Gasteiger partial charge in [0.15, 0.2) is 5.78 Å². The topological polar surface area (TPSA) is 141 Å². The molecule has 3 aromatic rings. The summed E-state index contributed by atoms with van der Waals surface area (Å²) in [6, 6.07) is 18.5. The minimum absolute atomic E-state index is 0.0386. The van der Waals surface area contributed by atoms with Crippen LogP contribution < -0.4 is 14.2 Å². The number of esters is 4. The van der Waals surface area contributed by atoms with Crippen LogP contribution in [0.3, 0.4) is 0 Å². The zero-order chi connectivity index (χ0) is 36.0. The Bertz CT molecular complexity index is 1560. The largest absolute Gasteiger partial charge is 0.494 e. The highest BCUT2D eigenvalue weighted by Crippen LogP contribution is 2.19. The maximum Gasteiger partial charge on any atom is 0.343 e. The van der Waals surface area contributed by atoms with Gasteiger partial charge in [-0.1, -0.05) is 13.2 Å². The van der Waals surface area contributed by atoms with E-state index in [1.807, 2.05) is 0 Å². The molecule has 0 aromatic heterocycles. The van der Waals surface area contributed by atoms with E-state index in [1.54, 1.807) is 24.3 Å². The molecule has 0 spiro atoms. The normalized spacial score (nSPS) is 10.4. The van der Waals surface area contributed by atoms with Crippen molar-refractivity contribution >= 4 is 29.7 Å². The lowest BCUT2D eigenvalue weighted by atomic mass is 10.2. The van der Waals surface area contributed by atoms with Gasteiger partial charge in [0.25, 0.3) is 0 Å². The smallest absolute Gasteiger partial charge is 0.343 e. The Morgan fingerprint density at radius 3 is 1.46 bits per heavy atom. The van der Waals surface area contributed by atoms with Gasteiger partial charge >= 0.3 is 23.9 Å². The third-order valence-corrected chi connectivity index (χ3v) is 7.05. The minimum Gasteiger partial charge on any atom is -0.494 e. The van der Waals surface area contributed by atoms with Crippen LogP contribution in [0.1, 0.15) is 76.0 Å². The van der Waals surface area contributed by atoms with Gasteiger partial charge in [-0.2, -0.15) is 0 Å². The summed E-state index contributed by atoms with van der Waals surface area (Å²) in [5.74, 6) is -1.05. The molecular formula is C39H42O11. The zero-order valence-electron chi connectivity index (χ0n) is 28.0. The van der Waals surface area contributed by atoms with Crippen molar-refractivity contribution in [3.63, 3.8) is 0 Å². The average molecular weight is 687 g/mol. The number of carbonyl (C=O) groups excluding carboxylic acids is 5. The van der Waals surface area contributed by atoms with Crippen molar-refractivity contribution in [1.82, 2.24) is 0 Å². The zero-order valence-corrected chi connectivity index (χ0v) is 28.0. The van der Waals surface area contributed by atoms with Crippen LogP contribution in [0.25, 0.3) is 0 Å². The van der Waals surface area contributed by atoms with Crippen LogP contribution in [0.4, 0.5) is 0 Å². The molecule has 0 amide bonds. The molecule has 0 heterocycles. The molecule has 50 heavy (non-hydrogen) atoms. The van der Waals surface area contributed by atoms with Crippen molar-refractivity contribution in [2.45, 2.75) is 44.9 Å². The van der Waals surface area contributed by atoms with E-state index in [4.69, 9.17) is 28.4 Å². The van der Waals surface area contributed by atoms with E-state index in [0.29, 0.717) is 56.1 Å². The van der Waals surface area contributed by atoms with Crippen LogP contribution in [0.15, 0.2) is 98.1 Å². The molecule has 11 heteroatoms. The molecule has 0 N–H and O–H groups in total. The highest BCUT2D eigenvalue weighted by Gasteiger charge is 2.13. The highest BCUT2D eigenvalue weighted by molar-refractivity contribution is 5.93. The summed E-state index contributed by atoms with van der Waals surface area (Å²) in [5.41, 5.74) is 0.891. The van der Waals surface area contributed by atoms with Gasteiger partial charge in [-0.05, 0) is 117 Å². The molecule has 11 nitrogen and oxygen atoms in total. The van der Waals surface area contributed by atoms with Gasteiger partial charge < -0.3 is 28.4 Å². The Labute approximate surface area is 291 Å². The van der Waals surface area contributed by atoms with E-state index in [1.165, 1.54) is 54.6 Å². The van der Waals surface area contributed by atoms with Crippen molar-refractivity contribution in [2.24, 2.45) is 0 Å². The third-order valence-electron chi connectivity index (χ3n) is 7.05. The summed E-state index contributed by atoms with van der Waals surface area (Å²) in [5, 5.41) is 0. The number of rotatable bonds is 23. The maximum absolute atomic E-state index is 12.6. The second-order valence-electron chi connectivity index (χ2n) is 10.9. The molecule has 0 aliphatic heterocycles. The van der Waals surface area contributed by atoms with Gasteiger partial charge in [0.1, 0.15) is 17.2 Å². The van der Waals surface area contributed by atoms with Gasteiger partial charge in [0.2, 0.25) is 0 Å². The first-order valence-electron chi connectivity index (χ1n) is 16.4. The highest BCUT2D eigenvalue weighted by atomic mass is 16.5. The number of ketones is 1. The predicted octanol–water partition coefficient (Wildman–Crippen LogP) is 6.89. The summed E-state index contributed by atoms with van der Waals surface area (Å²) in [4.78, 5) is 59.7. The van der Waals surface area contributed by atoms with Crippen LogP contribution in [-0.4, -0.2) is 62.7 Å². The van der Waals surface area contributed by atoms with Crippen molar-refractivity contribution in [2.75, 3.05) is 33.0 Å². The summed E-state index contributed by atoms with van der Waals surface area (Å²) < 4.78 is 32.1. The van der Waals surface area contributed by atoms with Crippen molar-refractivity contribution in [3.05, 3.63) is 115 Å². The van der Waals surface area contributed by atoms with E-state index in [-0.39, 0.29) is 29.5 Å². The standard InChI is InChI=1S/C39H42O11/c1-3-32(40)23-28-45-24-9-10-25-46-33-17-11-30(12-18-33)38(43)50-35-21-15-31(16-22-35)39(44)49-34-19-13-29(14-20-34)37(42)48-27-8-6-5-7-26-47-36(41)4-2/h3-4,11-22H,1-2,5-10,23-28H2. The fourth-order valence-electron chi connectivity index (χ4n) is 4.25. The number of carbonyl (C=O) groups is 5. The molecule has 3 rings (SSSR count). The second-order valence-corrected chi connectivity index (χ2v) is 10.9. The van der Waals surface area contributed by atoms with Gasteiger partial charge in [-0.3, -0.25) is 4.79 Å². The molecule has 0 aliphatic carbocycles. The lowest BCUT2D eigenvalue weighted by Gasteiger charge is -2.09. The molecule has 0 atom stereocenters. The summed E-state index contributed by atoms with van der Waals surface area (Å²) >= 11 is 0. The first-order chi connectivity index (χ1) is 24.3. The lowest BCUT2D eigenvalue weighted by molar-refractivity contribution is -0.137. The van der Waals surface area contributed by atoms with Gasteiger partial charge in [0, 0.05) is 19.1 Å². The van der Waals surface area contributed by atoms with E-state index in [0.717, 1.165) is 38.2 Å². The molecule has 0 aliphatic rings. The number of allylic oxidation sites excluding steroid dienone is 1. The van der Waals surface area contributed by atoms with Crippen LogP contribution in [-0.2, 0) is 23.8 Å². The summed E-state index contributed by atoms with van der Waals surface area (Å²) in [6.07, 6.45) is 7.37. The number of ether oxygens (including phenoxy) is 6. The number of unbranched alkanes of at least 4 members (excludes halogenated alkanes) is 4. The first-order valence-corrected chi connectivity index (χ1v) is 16.4. The number of benzene rings is 3. The average Bonchev–Trinajstić information content (AvgIpc) is 3.14. The fourth-order valence-corrected chi connectivity index (χ4v) is 4.25. The second kappa shape index (κ2) is 22.2. The molecule has 0 saturated heterocycles. The third kappa shape index (κ3) is 14.7. The van der Waals surface area contributed by atoms with Gasteiger partial charge in [-0.15, -0.1) is 0 Å². The van der Waals surface area contributed by atoms with E-state index < -0.39 is 23.9 Å². The lowest BCUT2D eigenvalue weighted by Crippen LogP contribution is -2.11. The Hall–Kier alpha value is -5.55. The van der Waals surface area contributed by atoms with Crippen molar-refractivity contribution in [1.29, 1.82) is 0 Å². The van der Waals surface area contributed by atoms with Gasteiger partial charge in [0.05, 0.1) is 43.1 Å². The molecule has 3 aromatic carbocycles. The van der Waals surface area contributed by atoms with Crippen LogP contribution in [0.2, 0.25) is 0 Å². The Balaban J connectivity index is 1.33. The van der Waals surface area contributed by atoms with Crippen molar-refractivity contribution < 1.29 is 52.4 Å². The maximum atomic E-state index is 12.6. The van der Waals surface area contributed by atoms with Crippen LogP contribution in [0.5, 0.6) is 17.2 Å². The molecule has 0 saturated carbocycles. The Morgan fingerprint density at radius 2 is 0.940 bits per heavy atom. The van der Waals surface area contributed by atoms with Gasteiger partial charge in [-0.25, -0.2) is 19.2 Å². The minimum atomic E-state index is -0.624. The van der Waals surface area contributed by atoms with Crippen LogP contribution in [0, 0.1) is 0 Å². The fraction of sp³-hybridized carbons (Fsp3) is 0.308. The van der Waals surface area contributed by atoms with E-state index in [2.05, 4.69) is 13.2 Å². The molecule has 0 radical (unpaired) electrons. The van der Waals surface area contributed by atoms with Crippen LogP contribution >= 0.6 is 0 Å². The molecule has 0 fully saturated rings. The van der Waals surface area contributed by atoms with E-state index in [9.17, 15) is 24.0 Å². The predicted molar refractivity (Wildman–Crippen MR) is 185 cm³/mol. The SMILES string of the molecule is C=CC(=O)CCOCCCCOc1ccc(C(=O)Oc2ccc(C(=O)Oc3ccc(C(=O)OCCCCCCOC(=O)C=C)cc3)cc2)cc1. The molecule has 0 unspecified atom stereocenters. The summed E-state index contributed by atoms with van der Waals surface area (Å²) in [6.45, 7) is 8.75. The Morgan fingerprint density at radius 1 is 0.480 bits per heavy atom. The monoisotopic (exact) mass is 686 g/mol. The molecular weight excluding hydrogens is 644 g/mol. The van der Waals surface area contributed by atoms with E-state index >= 15 is 0 Å². The molecule has 264 valence electrons. The number of hydrogen-bond donors (Lipinski definition) is 0. The first kappa shape index (κ1) is 38.9. The quantitative estimate of drug-likeness (QED) is 0.0446. The molecule has 0 bridgehead atoms. The van der Waals surface area contributed by atoms with Crippen molar-refractivity contribution in [3.8, 4) is 17.2 Å². The summed E-state index contributed by atoms with van der Waals surface area (Å²) in [7, 11) is 0. The number of hydrogen-bond acceptors (Lipinski definition) is 11. The Kier molecular flexibility index (Phi) is 17.2.